The van der Waals surface area contributed by atoms with Crippen molar-refractivity contribution in [1.29, 1.82) is 0 Å². The molecule has 0 aromatic heterocycles. The van der Waals surface area contributed by atoms with E-state index in [4.69, 9.17) is 15.9 Å². The molecule has 0 aliphatic carbocycles. The van der Waals surface area contributed by atoms with Gasteiger partial charge in [-0.15, -0.1) is 0 Å². The third-order valence-electron chi connectivity index (χ3n) is 2.82. The Hall–Kier alpha value is -1.18. The van der Waals surface area contributed by atoms with Crippen LogP contribution in [0.2, 0.25) is 0 Å². The van der Waals surface area contributed by atoms with E-state index in [2.05, 4.69) is 10.9 Å². The van der Waals surface area contributed by atoms with Gasteiger partial charge in [-0.1, -0.05) is 19.8 Å². The molecule has 2 atom stereocenters. The number of hydrazine groups is 1. The van der Waals surface area contributed by atoms with Crippen molar-refractivity contribution in [3.8, 4) is 0 Å². The molecule has 112 valence electrons. The van der Waals surface area contributed by atoms with E-state index in [1.807, 2.05) is 6.92 Å². The van der Waals surface area contributed by atoms with Crippen molar-refractivity contribution in [2.24, 2.45) is 5.73 Å². The van der Waals surface area contributed by atoms with Gasteiger partial charge in [0.1, 0.15) is 12.1 Å². The smallest absolute Gasteiger partial charge is 0.322 e. The van der Waals surface area contributed by atoms with Gasteiger partial charge in [-0.25, -0.2) is 10.9 Å². The Morgan fingerprint density at radius 2 is 1.47 bits per heavy atom. The summed E-state index contributed by atoms with van der Waals surface area (Å²) in [4.78, 5) is 22.0. The van der Waals surface area contributed by atoms with Crippen LogP contribution in [0.4, 0.5) is 0 Å². The third kappa shape index (κ3) is 8.52. The van der Waals surface area contributed by atoms with Crippen LogP contribution in [-0.4, -0.2) is 40.8 Å². The molecular formula is C12H25N3O4. The van der Waals surface area contributed by atoms with E-state index >= 15 is 0 Å². The van der Waals surface area contributed by atoms with E-state index in [1.165, 1.54) is 0 Å². The van der Waals surface area contributed by atoms with Gasteiger partial charge in [0.15, 0.2) is 0 Å². The van der Waals surface area contributed by atoms with Crippen LogP contribution >= 0.6 is 0 Å². The van der Waals surface area contributed by atoms with Crippen LogP contribution in [0.1, 0.15) is 45.4 Å². The molecule has 0 heterocycles. The van der Waals surface area contributed by atoms with Crippen molar-refractivity contribution < 1.29 is 19.8 Å². The van der Waals surface area contributed by atoms with Crippen molar-refractivity contribution in [3.63, 3.8) is 0 Å². The first-order valence-corrected chi connectivity index (χ1v) is 6.69. The van der Waals surface area contributed by atoms with E-state index in [9.17, 15) is 9.59 Å². The molecule has 0 saturated heterocycles. The minimum absolute atomic E-state index is 0.416. The summed E-state index contributed by atoms with van der Waals surface area (Å²) >= 11 is 0. The second-order valence-electron chi connectivity index (χ2n) is 4.50. The largest absolute Gasteiger partial charge is 0.480 e. The first kappa shape index (κ1) is 17.8. The summed E-state index contributed by atoms with van der Waals surface area (Å²) in [6.07, 6.45) is 3.99. The Labute approximate surface area is 113 Å². The molecule has 19 heavy (non-hydrogen) atoms. The van der Waals surface area contributed by atoms with E-state index < -0.39 is 24.0 Å². The third-order valence-corrected chi connectivity index (χ3v) is 2.82. The highest BCUT2D eigenvalue weighted by Gasteiger charge is 2.21. The predicted molar refractivity (Wildman–Crippen MR) is 71.5 cm³/mol. The molecule has 0 rings (SSSR count). The maximum atomic E-state index is 11.0. The zero-order valence-electron chi connectivity index (χ0n) is 11.4. The summed E-state index contributed by atoms with van der Waals surface area (Å²) < 4.78 is 0. The van der Waals surface area contributed by atoms with Gasteiger partial charge in [0, 0.05) is 0 Å². The van der Waals surface area contributed by atoms with E-state index in [0.717, 1.165) is 19.3 Å². The quantitative estimate of drug-likeness (QED) is 0.256. The molecule has 0 bridgehead atoms. The van der Waals surface area contributed by atoms with Crippen molar-refractivity contribution >= 4 is 11.9 Å². The number of carboxylic acids is 2. The minimum Gasteiger partial charge on any atom is -0.480 e. The summed E-state index contributed by atoms with van der Waals surface area (Å²) in [5.74, 6) is -1.98. The second-order valence-corrected chi connectivity index (χ2v) is 4.50. The fourth-order valence-electron chi connectivity index (χ4n) is 1.62. The first-order chi connectivity index (χ1) is 9.02. The Bertz CT molecular complexity index is 274. The Kier molecular flexibility index (Phi) is 10.1. The molecule has 0 amide bonds. The molecule has 0 aliphatic heterocycles. The molecule has 7 heteroatoms. The van der Waals surface area contributed by atoms with Gasteiger partial charge in [0.25, 0.3) is 0 Å². The van der Waals surface area contributed by atoms with E-state index in [-0.39, 0.29) is 0 Å². The molecule has 6 N–H and O–H groups in total. The van der Waals surface area contributed by atoms with Gasteiger partial charge >= 0.3 is 11.9 Å². The fraction of sp³-hybridized carbons (Fsp3) is 0.833. The average molecular weight is 275 g/mol. The highest BCUT2D eigenvalue weighted by Crippen LogP contribution is 2.03. The number of hydrogen-bond donors (Lipinski definition) is 5. The van der Waals surface area contributed by atoms with Gasteiger partial charge in [-0.05, 0) is 32.2 Å². The SMILES string of the molecule is CCCC[C@H](NN[C@@H](CCCCN)C(=O)O)C(=O)O. The lowest BCUT2D eigenvalue weighted by atomic mass is 10.1. The van der Waals surface area contributed by atoms with Crippen LogP contribution in [0.25, 0.3) is 0 Å². The Morgan fingerprint density at radius 1 is 1.00 bits per heavy atom. The minimum atomic E-state index is -0.996. The molecule has 0 saturated carbocycles. The van der Waals surface area contributed by atoms with Gasteiger partial charge < -0.3 is 15.9 Å². The Morgan fingerprint density at radius 3 is 1.84 bits per heavy atom. The lowest BCUT2D eigenvalue weighted by Crippen LogP contribution is -2.52. The number of hydrogen-bond acceptors (Lipinski definition) is 5. The molecule has 0 fully saturated rings. The predicted octanol–water partition coefficient (Wildman–Crippen LogP) is 0.306. The zero-order chi connectivity index (χ0) is 14.7. The van der Waals surface area contributed by atoms with Gasteiger partial charge in [-0.3, -0.25) is 9.59 Å². The monoisotopic (exact) mass is 275 g/mol. The molecule has 0 aliphatic rings. The molecule has 7 nitrogen and oxygen atoms in total. The summed E-state index contributed by atoms with van der Waals surface area (Å²) in [6, 6.07) is -1.56. The number of rotatable bonds is 12. The van der Waals surface area contributed by atoms with Crippen molar-refractivity contribution in [1.82, 2.24) is 10.9 Å². The molecule has 0 radical (unpaired) electrons. The zero-order valence-corrected chi connectivity index (χ0v) is 11.4. The highest BCUT2D eigenvalue weighted by atomic mass is 16.4. The molecular weight excluding hydrogens is 250 g/mol. The topological polar surface area (TPSA) is 125 Å². The van der Waals surface area contributed by atoms with Crippen LogP contribution in [0.5, 0.6) is 0 Å². The highest BCUT2D eigenvalue weighted by molar-refractivity contribution is 5.74. The van der Waals surface area contributed by atoms with Crippen molar-refractivity contribution in [2.45, 2.75) is 57.5 Å². The van der Waals surface area contributed by atoms with Gasteiger partial charge in [-0.2, -0.15) is 0 Å². The summed E-state index contributed by atoms with van der Waals surface area (Å²) in [7, 11) is 0. The lowest BCUT2D eigenvalue weighted by Gasteiger charge is -2.19. The number of nitrogens with one attached hydrogen (secondary N) is 2. The maximum Gasteiger partial charge on any atom is 0.322 e. The fourth-order valence-corrected chi connectivity index (χ4v) is 1.62. The number of carbonyl (C=O) groups is 2. The summed E-state index contributed by atoms with van der Waals surface area (Å²) in [5, 5.41) is 18.0. The Balaban J connectivity index is 4.18. The molecule has 0 aromatic carbocycles. The standard InChI is InChI=1S/C12H25N3O4/c1-2-3-6-9(11(16)17)14-15-10(12(18)19)7-4-5-8-13/h9-10,14-15H,2-8,13H2,1H3,(H,16,17)(H,18,19)/t9-,10-/m0/s1. The van der Waals surface area contributed by atoms with Crippen LogP contribution < -0.4 is 16.6 Å². The average Bonchev–Trinajstić information content (AvgIpc) is 2.35. The van der Waals surface area contributed by atoms with Gasteiger partial charge in [0.2, 0.25) is 0 Å². The normalized spacial score (nSPS) is 14.0. The molecule has 0 unspecified atom stereocenters. The number of carboxylic acid groups (broad SMARTS) is 2. The lowest BCUT2D eigenvalue weighted by molar-refractivity contribution is -0.143. The second kappa shape index (κ2) is 10.7. The van der Waals surface area contributed by atoms with E-state index in [1.54, 1.807) is 0 Å². The van der Waals surface area contributed by atoms with Crippen LogP contribution in [0.3, 0.4) is 0 Å². The number of aliphatic carboxylic acids is 2. The maximum absolute atomic E-state index is 11.0. The van der Waals surface area contributed by atoms with Gasteiger partial charge in [0.05, 0.1) is 0 Å². The van der Waals surface area contributed by atoms with Crippen LogP contribution in [0.15, 0.2) is 0 Å². The summed E-state index contributed by atoms with van der Waals surface area (Å²) in [6.45, 7) is 2.49. The molecule has 0 spiro atoms. The first-order valence-electron chi connectivity index (χ1n) is 6.69. The van der Waals surface area contributed by atoms with Crippen LogP contribution in [-0.2, 0) is 9.59 Å². The number of unbranched alkanes of at least 4 members (excludes halogenated alkanes) is 2. The summed E-state index contributed by atoms with van der Waals surface area (Å²) in [5.41, 5.74) is 10.5. The van der Waals surface area contributed by atoms with Crippen molar-refractivity contribution in [2.75, 3.05) is 6.54 Å². The molecule has 0 aromatic rings. The number of nitrogens with two attached hydrogens (primary N) is 1. The van der Waals surface area contributed by atoms with Crippen LogP contribution in [0, 0.1) is 0 Å². The van der Waals surface area contributed by atoms with Crippen molar-refractivity contribution in [3.05, 3.63) is 0 Å². The van der Waals surface area contributed by atoms with E-state index in [0.29, 0.717) is 25.8 Å².